The minimum Gasteiger partial charge on any atom is -0.493 e. The zero-order valence-corrected chi connectivity index (χ0v) is 18.3. The first-order chi connectivity index (χ1) is 13.8. The summed E-state index contributed by atoms with van der Waals surface area (Å²) in [5, 5.41) is 0.652. The lowest BCUT2D eigenvalue weighted by Gasteiger charge is -2.19. The number of thioether (sulfide) groups is 1. The third kappa shape index (κ3) is 7.81. The van der Waals surface area contributed by atoms with E-state index < -0.39 is 0 Å². The molecule has 156 valence electrons. The van der Waals surface area contributed by atoms with Crippen molar-refractivity contribution in [2.75, 3.05) is 6.61 Å². The van der Waals surface area contributed by atoms with Crippen LogP contribution in [-0.4, -0.2) is 18.1 Å². The molecule has 0 N–H and O–H groups in total. The van der Waals surface area contributed by atoms with Gasteiger partial charge in [-0.3, -0.25) is 0 Å². The molecule has 28 heavy (non-hydrogen) atoms. The first kappa shape index (κ1) is 21.7. The van der Waals surface area contributed by atoms with Gasteiger partial charge in [0.1, 0.15) is 12.0 Å². The van der Waals surface area contributed by atoms with Crippen molar-refractivity contribution >= 4 is 18.0 Å². The van der Waals surface area contributed by atoms with Crippen LogP contribution in [0.1, 0.15) is 89.9 Å². The summed E-state index contributed by atoms with van der Waals surface area (Å²) < 4.78 is 6.16. The molecule has 0 amide bonds. The van der Waals surface area contributed by atoms with Gasteiger partial charge in [0.2, 0.25) is 0 Å². The third-order valence-corrected chi connectivity index (χ3v) is 7.84. The van der Waals surface area contributed by atoms with E-state index in [2.05, 4.69) is 24.3 Å². The van der Waals surface area contributed by atoms with Gasteiger partial charge in [0.15, 0.2) is 0 Å². The molecule has 2 atom stereocenters. The lowest BCUT2D eigenvalue weighted by molar-refractivity contribution is -0.111. The fraction of sp³-hybridized carbons (Fsp3) is 0.720. The van der Waals surface area contributed by atoms with Gasteiger partial charge >= 0.3 is 0 Å². The van der Waals surface area contributed by atoms with Gasteiger partial charge in [0.25, 0.3) is 0 Å². The molecule has 0 radical (unpaired) electrons. The quantitative estimate of drug-likeness (QED) is 0.365. The van der Waals surface area contributed by atoms with Crippen molar-refractivity contribution in [3.05, 3.63) is 24.3 Å². The van der Waals surface area contributed by atoms with Crippen LogP contribution in [0.4, 0.5) is 0 Å². The number of hydrogen-bond donors (Lipinski definition) is 0. The van der Waals surface area contributed by atoms with E-state index in [4.69, 9.17) is 4.74 Å². The summed E-state index contributed by atoms with van der Waals surface area (Å²) in [5.41, 5.74) is 0. The molecule has 3 rings (SSSR count). The van der Waals surface area contributed by atoms with Crippen LogP contribution in [0.15, 0.2) is 29.2 Å². The summed E-state index contributed by atoms with van der Waals surface area (Å²) in [6.07, 6.45) is 19.4. The molecule has 2 unspecified atom stereocenters. The summed E-state index contributed by atoms with van der Waals surface area (Å²) >= 11 is 1.98. The summed E-state index contributed by atoms with van der Waals surface area (Å²) in [6, 6.07) is 8.73. The van der Waals surface area contributed by atoms with Gasteiger partial charge in [-0.25, -0.2) is 0 Å². The van der Waals surface area contributed by atoms with Crippen LogP contribution < -0.4 is 4.74 Å². The molecule has 0 bridgehead atoms. The van der Waals surface area contributed by atoms with E-state index >= 15 is 0 Å². The van der Waals surface area contributed by atoms with E-state index in [1.165, 1.54) is 81.8 Å². The number of carbonyl (C=O) groups excluding carboxylic acids is 1. The number of rotatable bonds is 6. The molecule has 0 heterocycles. The highest BCUT2D eigenvalue weighted by Crippen LogP contribution is 2.35. The highest BCUT2D eigenvalue weighted by molar-refractivity contribution is 8.00. The highest BCUT2D eigenvalue weighted by atomic mass is 32.2. The van der Waals surface area contributed by atoms with E-state index in [9.17, 15) is 4.79 Å². The van der Waals surface area contributed by atoms with E-state index in [1.54, 1.807) is 0 Å². The van der Waals surface area contributed by atoms with Gasteiger partial charge in [-0.15, -0.1) is 11.8 Å². The average Bonchev–Trinajstić information content (AvgIpc) is 2.97. The van der Waals surface area contributed by atoms with Gasteiger partial charge in [-0.05, 0) is 68.7 Å². The van der Waals surface area contributed by atoms with Crippen molar-refractivity contribution in [3.63, 3.8) is 0 Å². The standard InChI is InChI=1S/C25H38O2S/c26-19-21-11-8-12-24(16-13-21)28-25-17-14-23(15-18-25)27-20-22-9-6-4-2-1-3-5-7-10-22/h14-15,17-19,21-22,24H,1-13,16,20H2. The number of carbonyl (C=O) groups is 1. The minimum absolute atomic E-state index is 0.295. The molecular formula is C25H38O2S. The van der Waals surface area contributed by atoms with Gasteiger partial charge in [-0.2, -0.15) is 0 Å². The molecule has 2 aliphatic rings. The average molecular weight is 403 g/mol. The maximum Gasteiger partial charge on any atom is 0.123 e. The summed E-state index contributed by atoms with van der Waals surface area (Å²) in [7, 11) is 0. The van der Waals surface area contributed by atoms with Crippen molar-refractivity contribution in [1.82, 2.24) is 0 Å². The normalized spacial score (nSPS) is 25.6. The molecule has 1 aromatic rings. The van der Waals surface area contributed by atoms with Crippen molar-refractivity contribution in [3.8, 4) is 5.75 Å². The molecule has 0 spiro atoms. The predicted molar refractivity (Wildman–Crippen MR) is 119 cm³/mol. The number of aldehydes is 1. The Morgan fingerprint density at radius 1 is 0.786 bits per heavy atom. The SMILES string of the molecule is O=CC1CCCC(Sc2ccc(OCC3CCCCCCCCC3)cc2)CC1. The third-order valence-electron chi connectivity index (χ3n) is 6.49. The molecule has 2 aliphatic carbocycles. The Labute approximate surface area is 176 Å². The number of hydrogen-bond acceptors (Lipinski definition) is 3. The second kappa shape index (κ2) is 12.6. The molecular weight excluding hydrogens is 364 g/mol. The molecule has 2 saturated carbocycles. The molecule has 0 aliphatic heterocycles. The highest BCUT2D eigenvalue weighted by Gasteiger charge is 2.19. The second-order valence-corrected chi connectivity index (χ2v) is 10.2. The van der Waals surface area contributed by atoms with E-state index in [-0.39, 0.29) is 0 Å². The first-order valence-corrected chi connectivity index (χ1v) is 12.6. The Morgan fingerprint density at radius 2 is 1.46 bits per heavy atom. The van der Waals surface area contributed by atoms with Crippen LogP contribution in [0.3, 0.4) is 0 Å². The van der Waals surface area contributed by atoms with Crippen LogP contribution in [0.25, 0.3) is 0 Å². The summed E-state index contributed by atoms with van der Waals surface area (Å²) in [6.45, 7) is 0.877. The minimum atomic E-state index is 0.295. The molecule has 3 heteroatoms. The zero-order valence-electron chi connectivity index (χ0n) is 17.5. The maximum absolute atomic E-state index is 11.0. The Kier molecular flexibility index (Phi) is 9.76. The fourth-order valence-electron chi connectivity index (χ4n) is 4.63. The first-order valence-electron chi connectivity index (χ1n) is 11.7. The largest absolute Gasteiger partial charge is 0.493 e. The maximum atomic E-state index is 11.0. The van der Waals surface area contributed by atoms with Crippen LogP contribution in [-0.2, 0) is 4.79 Å². The zero-order chi connectivity index (χ0) is 19.4. The van der Waals surface area contributed by atoms with Gasteiger partial charge in [-0.1, -0.05) is 51.4 Å². The predicted octanol–water partition coefficient (Wildman–Crippen LogP) is 7.45. The van der Waals surface area contributed by atoms with Crippen molar-refractivity contribution < 1.29 is 9.53 Å². The monoisotopic (exact) mass is 402 g/mol. The Balaban J connectivity index is 1.42. The fourth-order valence-corrected chi connectivity index (χ4v) is 5.85. The molecule has 0 saturated heterocycles. The van der Waals surface area contributed by atoms with Crippen molar-refractivity contribution in [1.29, 1.82) is 0 Å². The van der Waals surface area contributed by atoms with Crippen LogP contribution in [0.5, 0.6) is 5.75 Å². The molecule has 2 fully saturated rings. The molecule has 1 aromatic carbocycles. The van der Waals surface area contributed by atoms with Crippen molar-refractivity contribution in [2.24, 2.45) is 11.8 Å². The number of ether oxygens (including phenoxy) is 1. The van der Waals surface area contributed by atoms with Gasteiger partial charge in [0.05, 0.1) is 6.61 Å². The van der Waals surface area contributed by atoms with Crippen LogP contribution in [0, 0.1) is 11.8 Å². The Hall–Kier alpha value is -0.960. The molecule has 0 aromatic heterocycles. The van der Waals surface area contributed by atoms with Crippen LogP contribution >= 0.6 is 11.8 Å². The van der Waals surface area contributed by atoms with E-state index in [0.29, 0.717) is 11.2 Å². The lowest BCUT2D eigenvalue weighted by Crippen LogP contribution is -2.13. The Bertz CT molecular complexity index is 546. The second-order valence-electron chi connectivity index (χ2n) is 8.84. The van der Waals surface area contributed by atoms with E-state index in [1.807, 2.05) is 11.8 Å². The van der Waals surface area contributed by atoms with Crippen LogP contribution in [0.2, 0.25) is 0 Å². The van der Waals surface area contributed by atoms with Crippen molar-refractivity contribution in [2.45, 2.75) is 100 Å². The summed E-state index contributed by atoms with van der Waals surface area (Å²) in [5.74, 6) is 2.04. The Morgan fingerprint density at radius 3 is 2.14 bits per heavy atom. The smallest absolute Gasteiger partial charge is 0.123 e. The molecule has 2 nitrogen and oxygen atoms in total. The van der Waals surface area contributed by atoms with Gasteiger partial charge < -0.3 is 9.53 Å². The lowest BCUT2D eigenvalue weighted by atomic mass is 9.93. The number of benzene rings is 1. The van der Waals surface area contributed by atoms with Gasteiger partial charge in [0, 0.05) is 16.1 Å². The topological polar surface area (TPSA) is 26.3 Å². The van der Waals surface area contributed by atoms with E-state index in [0.717, 1.165) is 37.5 Å². The summed E-state index contributed by atoms with van der Waals surface area (Å²) in [4.78, 5) is 12.4.